The summed E-state index contributed by atoms with van der Waals surface area (Å²) in [5.41, 5.74) is -1.16. The number of H-pyrrole nitrogens is 1. The van der Waals surface area contributed by atoms with Crippen LogP contribution in [0.3, 0.4) is 0 Å². The lowest BCUT2D eigenvalue weighted by Gasteiger charge is -2.28. The van der Waals surface area contributed by atoms with Gasteiger partial charge in [0.1, 0.15) is 24.1 Å². The molecular formula is C23H34N3O8P. The Kier molecular flexibility index (Phi) is 11.6. The van der Waals surface area contributed by atoms with Gasteiger partial charge in [-0.1, -0.05) is 25.1 Å². The zero-order valence-electron chi connectivity index (χ0n) is 20.5. The van der Waals surface area contributed by atoms with Crippen LogP contribution >= 0.6 is 8.53 Å². The van der Waals surface area contributed by atoms with E-state index in [9.17, 15) is 19.5 Å². The van der Waals surface area contributed by atoms with E-state index in [-0.39, 0.29) is 12.7 Å². The van der Waals surface area contributed by atoms with Gasteiger partial charge in [-0.2, -0.15) is 0 Å². The van der Waals surface area contributed by atoms with Crippen molar-refractivity contribution in [2.45, 2.75) is 71.6 Å². The summed E-state index contributed by atoms with van der Waals surface area (Å²) >= 11 is 0. The maximum atomic E-state index is 12.5. The van der Waals surface area contributed by atoms with Crippen LogP contribution in [0.4, 0.5) is 0 Å². The molecule has 0 aliphatic heterocycles. The molecule has 194 valence electrons. The Hall–Kier alpha value is -2.56. The van der Waals surface area contributed by atoms with Crippen molar-refractivity contribution in [3.63, 3.8) is 0 Å². The highest BCUT2D eigenvalue weighted by atomic mass is 31.2. The SMILES string of the molecule is CCC(NP(OCC(OC(C)n1ccc(=O)[nH]c1=O)C(C)O)Oc1ccccc1)C(=O)OC(C)C. The lowest BCUT2D eigenvalue weighted by molar-refractivity contribution is -0.149. The van der Waals surface area contributed by atoms with E-state index in [1.165, 1.54) is 23.8 Å². The second-order valence-electron chi connectivity index (χ2n) is 8.06. The van der Waals surface area contributed by atoms with Gasteiger partial charge >= 0.3 is 20.2 Å². The number of hydrogen-bond donors (Lipinski definition) is 3. The first kappa shape index (κ1) is 28.7. The molecule has 0 spiro atoms. The van der Waals surface area contributed by atoms with Gasteiger partial charge in [0.05, 0.1) is 18.8 Å². The third kappa shape index (κ3) is 9.54. The van der Waals surface area contributed by atoms with Crippen LogP contribution in [0.2, 0.25) is 0 Å². The first-order valence-electron chi connectivity index (χ1n) is 11.4. The van der Waals surface area contributed by atoms with E-state index < -0.39 is 50.2 Å². The minimum Gasteiger partial charge on any atom is -0.462 e. The van der Waals surface area contributed by atoms with Crippen LogP contribution in [-0.2, 0) is 18.8 Å². The van der Waals surface area contributed by atoms with Crippen LogP contribution in [0.25, 0.3) is 0 Å². The van der Waals surface area contributed by atoms with E-state index in [2.05, 4.69) is 10.1 Å². The summed E-state index contributed by atoms with van der Waals surface area (Å²) < 4.78 is 24.2. The largest absolute Gasteiger partial charge is 0.462 e. The number of esters is 1. The zero-order valence-corrected chi connectivity index (χ0v) is 21.4. The average Bonchev–Trinajstić information content (AvgIpc) is 2.79. The Morgan fingerprint density at radius 1 is 1.14 bits per heavy atom. The van der Waals surface area contributed by atoms with E-state index in [4.69, 9.17) is 18.5 Å². The first-order chi connectivity index (χ1) is 16.6. The second kappa shape index (κ2) is 14.1. The molecule has 0 bridgehead atoms. The van der Waals surface area contributed by atoms with Gasteiger partial charge in [0, 0.05) is 12.3 Å². The number of ether oxygens (including phenoxy) is 2. The smallest absolute Gasteiger partial charge is 0.330 e. The molecule has 0 aliphatic carbocycles. The molecule has 12 heteroatoms. The molecule has 2 rings (SSSR count). The third-order valence-electron chi connectivity index (χ3n) is 4.75. The van der Waals surface area contributed by atoms with Gasteiger partial charge in [-0.3, -0.25) is 19.1 Å². The minimum atomic E-state index is -1.84. The molecule has 0 saturated carbocycles. The van der Waals surface area contributed by atoms with Crippen molar-refractivity contribution in [2.75, 3.05) is 6.61 Å². The average molecular weight is 512 g/mol. The van der Waals surface area contributed by atoms with E-state index in [1.54, 1.807) is 45.0 Å². The van der Waals surface area contributed by atoms with Crippen LogP contribution in [0, 0.1) is 0 Å². The van der Waals surface area contributed by atoms with Crippen LogP contribution < -0.4 is 20.9 Å². The molecule has 3 N–H and O–H groups in total. The van der Waals surface area contributed by atoms with Crippen molar-refractivity contribution in [2.24, 2.45) is 0 Å². The van der Waals surface area contributed by atoms with Crippen molar-refractivity contribution < 1.29 is 28.4 Å². The maximum absolute atomic E-state index is 12.5. The Balaban J connectivity index is 2.13. The van der Waals surface area contributed by atoms with Gasteiger partial charge in [-0.05, 0) is 46.2 Å². The molecule has 11 nitrogen and oxygen atoms in total. The fraction of sp³-hybridized carbons (Fsp3) is 0.522. The molecule has 1 aromatic carbocycles. The lowest BCUT2D eigenvalue weighted by atomic mass is 10.2. The Morgan fingerprint density at radius 2 is 1.83 bits per heavy atom. The van der Waals surface area contributed by atoms with Crippen molar-refractivity contribution >= 4 is 14.5 Å². The second-order valence-corrected chi connectivity index (χ2v) is 9.28. The Bertz CT molecular complexity index is 1030. The number of nitrogens with zero attached hydrogens (tertiary/aromatic N) is 1. The highest BCUT2D eigenvalue weighted by Crippen LogP contribution is 2.37. The maximum Gasteiger partial charge on any atom is 0.330 e. The molecule has 1 aromatic heterocycles. The molecule has 0 radical (unpaired) electrons. The number of benzene rings is 1. The topological polar surface area (TPSA) is 141 Å². The number of aromatic nitrogens is 2. The first-order valence-corrected chi connectivity index (χ1v) is 12.6. The van der Waals surface area contributed by atoms with Crippen LogP contribution in [0.15, 0.2) is 52.2 Å². The van der Waals surface area contributed by atoms with Crippen molar-refractivity contribution in [1.29, 1.82) is 0 Å². The van der Waals surface area contributed by atoms with Crippen LogP contribution in [-0.4, -0.2) is 51.6 Å². The summed E-state index contributed by atoms with van der Waals surface area (Å²) in [5, 5.41) is 13.3. The minimum absolute atomic E-state index is 0.110. The number of aromatic amines is 1. The van der Waals surface area contributed by atoms with Crippen molar-refractivity contribution in [1.82, 2.24) is 14.6 Å². The van der Waals surface area contributed by atoms with Gasteiger partial charge < -0.3 is 23.6 Å². The highest BCUT2D eigenvalue weighted by molar-refractivity contribution is 7.45. The van der Waals surface area contributed by atoms with E-state index >= 15 is 0 Å². The van der Waals surface area contributed by atoms with Crippen LogP contribution in [0.1, 0.15) is 47.3 Å². The van der Waals surface area contributed by atoms with E-state index in [0.29, 0.717) is 12.2 Å². The summed E-state index contributed by atoms with van der Waals surface area (Å²) in [6, 6.07) is 9.49. The molecule has 1 heterocycles. The summed E-state index contributed by atoms with van der Waals surface area (Å²) in [6.45, 7) is 8.39. The Morgan fingerprint density at radius 3 is 2.40 bits per heavy atom. The zero-order chi connectivity index (χ0) is 26.0. The molecule has 5 atom stereocenters. The number of carbonyl (C=O) groups is 1. The lowest BCUT2D eigenvalue weighted by Crippen LogP contribution is -2.39. The summed E-state index contributed by atoms with van der Waals surface area (Å²) in [7, 11) is -1.84. The molecule has 35 heavy (non-hydrogen) atoms. The van der Waals surface area contributed by atoms with Gasteiger partial charge in [-0.25, -0.2) is 9.88 Å². The van der Waals surface area contributed by atoms with Crippen molar-refractivity contribution in [3.05, 3.63) is 63.4 Å². The standard InChI is InChI=1S/C23H34N3O8P/c1-6-19(22(29)32-15(2)3)25-35(34-18-10-8-7-9-11-18)31-14-20(16(4)27)33-17(5)26-13-12-21(28)24-23(26)30/h7-13,15-17,19-20,25,27H,6,14H2,1-5H3,(H,24,28,30). The molecule has 2 aromatic rings. The fourth-order valence-corrected chi connectivity index (χ4v) is 4.20. The predicted molar refractivity (Wildman–Crippen MR) is 131 cm³/mol. The summed E-state index contributed by atoms with van der Waals surface area (Å²) in [4.78, 5) is 38.0. The number of aliphatic hydroxyl groups excluding tert-OH is 1. The highest BCUT2D eigenvalue weighted by Gasteiger charge is 2.28. The molecule has 0 fully saturated rings. The summed E-state index contributed by atoms with van der Waals surface area (Å²) in [6.07, 6.45) is -1.14. The fourth-order valence-electron chi connectivity index (χ4n) is 2.88. The van der Waals surface area contributed by atoms with Gasteiger partial charge in [0.15, 0.2) is 0 Å². The number of aliphatic hydroxyl groups is 1. The molecule has 0 saturated heterocycles. The normalized spacial score (nSPS) is 15.7. The molecule has 0 amide bonds. The number of carbonyl (C=O) groups excluding carboxylic acids is 1. The summed E-state index contributed by atoms with van der Waals surface area (Å²) in [5.74, 6) is 0.102. The third-order valence-corrected chi connectivity index (χ3v) is 6.03. The number of rotatable bonds is 14. The van der Waals surface area contributed by atoms with E-state index in [1.807, 2.05) is 13.0 Å². The van der Waals surface area contributed by atoms with Gasteiger partial charge in [0.25, 0.3) is 5.56 Å². The number of hydrogen-bond acceptors (Lipinski definition) is 9. The van der Waals surface area contributed by atoms with E-state index in [0.717, 1.165) is 0 Å². The molecule has 0 aliphatic rings. The van der Waals surface area contributed by atoms with Crippen LogP contribution in [0.5, 0.6) is 5.75 Å². The monoisotopic (exact) mass is 511 g/mol. The Labute approximate surface area is 205 Å². The van der Waals surface area contributed by atoms with Gasteiger partial charge in [-0.15, -0.1) is 0 Å². The molecule has 5 unspecified atom stereocenters. The van der Waals surface area contributed by atoms with Crippen molar-refractivity contribution in [3.8, 4) is 5.75 Å². The quantitative estimate of drug-likeness (QED) is 0.258. The predicted octanol–water partition coefficient (Wildman–Crippen LogP) is 2.46. The van der Waals surface area contributed by atoms with Gasteiger partial charge in [0.2, 0.25) is 0 Å². The number of para-hydroxylation sites is 1. The molecular weight excluding hydrogens is 477 g/mol. The number of nitrogens with one attached hydrogen (secondary N) is 2.